The molecular formula is C21H18FN3O3. The summed E-state index contributed by atoms with van der Waals surface area (Å²) >= 11 is 0. The standard InChI is InChI=1S/C21H18FN3O3/c1-28-18-10-7-13(11-16(18)22)19-24-17-4-2-3-15(17)20(25-19)23-14-8-5-12(6-9-14)21(26)27/h5-11H,2-4H2,1H3,(H,26,27)(H,23,24,25). The number of methoxy groups -OCH3 is 1. The van der Waals surface area contributed by atoms with Gasteiger partial charge in [-0.25, -0.2) is 19.2 Å². The van der Waals surface area contributed by atoms with Crippen LogP contribution in [-0.2, 0) is 12.8 Å². The zero-order valence-corrected chi connectivity index (χ0v) is 15.2. The second-order valence-electron chi connectivity index (χ2n) is 6.53. The Bertz CT molecular complexity index is 1050. The van der Waals surface area contributed by atoms with Crippen LogP contribution in [0, 0.1) is 5.82 Å². The highest BCUT2D eigenvalue weighted by Crippen LogP contribution is 2.32. The van der Waals surface area contributed by atoms with Crippen LogP contribution in [0.3, 0.4) is 0 Å². The van der Waals surface area contributed by atoms with Crippen molar-refractivity contribution in [2.75, 3.05) is 12.4 Å². The third-order valence-corrected chi connectivity index (χ3v) is 4.74. The van der Waals surface area contributed by atoms with Gasteiger partial charge in [-0.2, -0.15) is 0 Å². The van der Waals surface area contributed by atoms with E-state index in [1.807, 2.05) is 0 Å². The first-order valence-corrected chi connectivity index (χ1v) is 8.89. The Morgan fingerprint density at radius 1 is 1.14 bits per heavy atom. The molecule has 0 amide bonds. The lowest BCUT2D eigenvalue weighted by Crippen LogP contribution is -2.04. The molecule has 0 atom stereocenters. The summed E-state index contributed by atoms with van der Waals surface area (Å²) in [5, 5.41) is 12.3. The summed E-state index contributed by atoms with van der Waals surface area (Å²) in [6, 6.07) is 11.1. The summed E-state index contributed by atoms with van der Waals surface area (Å²) in [6.07, 6.45) is 2.69. The molecule has 28 heavy (non-hydrogen) atoms. The van der Waals surface area contributed by atoms with E-state index in [-0.39, 0.29) is 11.3 Å². The first-order chi connectivity index (χ1) is 13.5. The molecule has 0 unspecified atom stereocenters. The zero-order valence-electron chi connectivity index (χ0n) is 15.2. The fourth-order valence-corrected chi connectivity index (χ4v) is 3.30. The van der Waals surface area contributed by atoms with Gasteiger partial charge in [-0.3, -0.25) is 0 Å². The molecule has 1 aliphatic carbocycles. The number of carbonyl (C=O) groups is 1. The minimum atomic E-state index is -0.974. The number of halogens is 1. The van der Waals surface area contributed by atoms with Gasteiger partial charge in [0.25, 0.3) is 0 Å². The van der Waals surface area contributed by atoms with Crippen molar-refractivity contribution in [2.24, 2.45) is 0 Å². The molecule has 142 valence electrons. The number of aromatic carboxylic acids is 1. The summed E-state index contributed by atoms with van der Waals surface area (Å²) in [6.45, 7) is 0. The normalized spacial score (nSPS) is 12.5. The summed E-state index contributed by atoms with van der Waals surface area (Å²) in [7, 11) is 1.42. The van der Waals surface area contributed by atoms with Crippen LogP contribution in [0.4, 0.5) is 15.9 Å². The lowest BCUT2D eigenvalue weighted by atomic mass is 10.1. The molecule has 0 saturated carbocycles. The molecule has 0 bridgehead atoms. The van der Waals surface area contributed by atoms with Gasteiger partial charge < -0.3 is 15.2 Å². The molecule has 0 fully saturated rings. The molecule has 7 heteroatoms. The summed E-state index contributed by atoms with van der Waals surface area (Å²) in [5.74, 6) is -0.174. The van der Waals surface area contributed by atoms with E-state index >= 15 is 0 Å². The molecule has 3 aromatic rings. The first kappa shape index (κ1) is 17.9. The van der Waals surface area contributed by atoms with Crippen molar-refractivity contribution in [1.82, 2.24) is 9.97 Å². The van der Waals surface area contributed by atoms with Gasteiger partial charge >= 0.3 is 5.97 Å². The number of rotatable bonds is 5. The number of aromatic nitrogens is 2. The molecule has 1 heterocycles. The van der Waals surface area contributed by atoms with Crippen molar-refractivity contribution in [2.45, 2.75) is 19.3 Å². The third-order valence-electron chi connectivity index (χ3n) is 4.74. The van der Waals surface area contributed by atoms with Crippen molar-refractivity contribution in [3.8, 4) is 17.1 Å². The average molecular weight is 379 g/mol. The first-order valence-electron chi connectivity index (χ1n) is 8.89. The van der Waals surface area contributed by atoms with Crippen molar-refractivity contribution in [1.29, 1.82) is 0 Å². The van der Waals surface area contributed by atoms with Crippen LogP contribution < -0.4 is 10.1 Å². The highest BCUT2D eigenvalue weighted by Gasteiger charge is 2.20. The average Bonchev–Trinajstić information content (AvgIpc) is 3.17. The van der Waals surface area contributed by atoms with Crippen LogP contribution >= 0.6 is 0 Å². The Morgan fingerprint density at radius 2 is 1.93 bits per heavy atom. The van der Waals surface area contributed by atoms with Crippen LogP contribution in [0.15, 0.2) is 42.5 Å². The Morgan fingerprint density at radius 3 is 2.61 bits per heavy atom. The number of nitrogens with zero attached hydrogens (tertiary/aromatic N) is 2. The van der Waals surface area contributed by atoms with E-state index in [4.69, 9.17) is 9.84 Å². The smallest absolute Gasteiger partial charge is 0.335 e. The number of hydrogen-bond acceptors (Lipinski definition) is 5. The van der Waals surface area contributed by atoms with Crippen molar-refractivity contribution in [3.63, 3.8) is 0 Å². The molecule has 2 aromatic carbocycles. The van der Waals surface area contributed by atoms with Crippen molar-refractivity contribution < 1.29 is 19.0 Å². The number of nitrogens with one attached hydrogen (secondary N) is 1. The van der Waals surface area contributed by atoms with E-state index in [0.717, 1.165) is 36.2 Å². The van der Waals surface area contributed by atoms with Gasteiger partial charge in [0.05, 0.1) is 12.7 Å². The number of aryl methyl sites for hydroxylation is 1. The lowest BCUT2D eigenvalue weighted by molar-refractivity contribution is 0.0697. The molecule has 0 saturated heterocycles. The van der Waals surface area contributed by atoms with Crippen LogP contribution in [0.2, 0.25) is 0 Å². The summed E-state index contributed by atoms with van der Waals surface area (Å²) in [4.78, 5) is 20.3. The molecular weight excluding hydrogens is 361 g/mol. The fraction of sp³-hybridized carbons (Fsp3) is 0.190. The van der Waals surface area contributed by atoms with Gasteiger partial charge in [0.1, 0.15) is 5.82 Å². The van der Waals surface area contributed by atoms with E-state index in [1.54, 1.807) is 24.3 Å². The Balaban J connectivity index is 1.71. The molecule has 0 radical (unpaired) electrons. The highest BCUT2D eigenvalue weighted by atomic mass is 19.1. The Hall–Kier alpha value is -3.48. The van der Waals surface area contributed by atoms with Crippen LogP contribution in [0.25, 0.3) is 11.4 Å². The van der Waals surface area contributed by atoms with Gasteiger partial charge in [0.15, 0.2) is 17.4 Å². The monoisotopic (exact) mass is 379 g/mol. The molecule has 0 spiro atoms. The number of carboxylic acids is 1. The zero-order chi connectivity index (χ0) is 19.7. The third kappa shape index (κ3) is 3.38. The predicted octanol–water partition coefficient (Wildman–Crippen LogP) is 4.22. The minimum absolute atomic E-state index is 0.168. The van der Waals surface area contributed by atoms with Gasteiger partial charge in [-0.05, 0) is 61.7 Å². The van der Waals surface area contributed by atoms with Gasteiger partial charge in [0.2, 0.25) is 0 Å². The summed E-state index contributed by atoms with van der Waals surface area (Å²) in [5.41, 5.74) is 3.50. The number of anilines is 2. The molecule has 1 aliphatic rings. The second kappa shape index (κ2) is 7.26. The molecule has 2 N–H and O–H groups in total. The largest absolute Gasteiger partial charge is 0.494 e. The van der Waals surface area contributed by atoms with E-state index in [0.29, 0.717) is 17.2 Å². The quantitative estimate of drug-likeness (QED) is 0.690. The number of benzene rings is 2. The lowest BCUT2D eigenvalue weighted by Gasteiger charge is -2.13. The van der Waals surface area contributed by atoms with Crippen LogP contribution in [-0.4, -0.2) is 28.2 Å². The van der Waals surface area contributed by atoms with E-state index in [1.165, 1.54) is 25.3 Å². The van der Waals surface area contributed by atoms with Gasteiger partial charge in [-0.1, -0.05) is 0 Å². The Kier molecular flexibility index (Phi) is 4.65. The maximum absolute atomic E-state index is 14.1. The number of carboxylic acid groups (broad SMARTS) is 1. The van der Waals surface area contributed by atoms with Crippen molar-refractivity contribution in [3.05, 3.63) is 65.1 Å². The van der Waals surface area contributed by atoms with Crippen LogP contribution in [0.1, 0.15) is 28.0 Å². The number of hydrogen-bond donors (Lipinski definition) is 2. The van der Waals surface area contributed by atoms with Crippen molar-refractivity contribution >= 4 is 17.5 Å². The maximum Gasteiger partial charge on any atom is 0.335 e. The molecule has 4 rings (SSSR count). The second-order valence-corrected chi connectivity index (χ2v) is 6.53. The molecule has 1 aromatic heterocycles. The molecule has 6 nitrogen and oxygen atoms in total. The fourth-order valence-electron chi connectivity index (χ4n) is 3.30. The van der Waals surface area contributed by atoms with Crippen LogP contribution in [0.5, 0.6) is 5.75 Å². The van der Waals surface area contributed by atoms with Gasteiger partial charge in [-0.15, -0.1) is 0 Å². The van der Waals surface area contributed by atoms with E-state index < -0.39 is 11.8 Å². The number of ether oxygens (including phenoxy) is 1. The number of fused-ring (bicyclic) bond motifs is 1. The highest BCUT2D eigenvalue weighted by molar-refractivity contribution is 5.88. The Labute approximate surface area is 161 Å². The SMILES string of the molecule is COc1ccc(-c2nc3c(c(Nc4ccc(C(=O)O)cc4)n2)CCC3)cc1F. The van der Waals surface area contributed by atoms with E-state index in [9.17, 15) is 9.18 Å². The predicted molar refractivity (Wildman–Crippen MR) is 103 cm³/mol. The summed E-state index contributed by atoms with van der Waals surface area (Å²) < 4.78 is 19.1. The molecule has 0 aliphatic heterocycles. The topological polar surface area (TPSA) is 84.3 Å². The minimum Gasteiger partial charge on any atom is -0.494 e. The maximum atomic E-state index is 14.1. The van der Waals surface area contributed by atoms with E-state index in [2.05, 4.69) is 15.3 Å². The van der Waals surface area contributed by atoms with Gasteiger partial charge in [0, 0.05) is 22.5 Å².